The molecule has 0 spiro atoms. The van der Waals surface area contributed by atoms with E-state index in [1.165, 1.54) is 13.0 Å². The van der Waals surface area contributed by atoms with Gasteiger partial charge in [0.15, 0.2) is 0 Å². The number of ether oxygens (including phenoxy) is 1. The predicted molar refractivity (Wildman–Crippen MR) is 75.1 cm³/mol. The third-order valence-corrected chi connectivity index (χ3v) is 4.65. The van der Waals surface area contributed by atoms with E-state index in [0.717, 1.165) is 6.07 Å². The Balaban J connectivity index is 2.21. The molecule has 1 heterocycles. The van der Waals surface area contributed by atoms with Gasteiger partial charge in [0, 0.05) is 24.6 Å². The maximum atomic E-state index is 13.7. The van der Waals surface area contributed by atoms with Crippen LogP contribution < -0.4 is 5.32 Å². The lowest BCUT2D eigenvalue weighted by atomic mass is 9.92. The van der Waals surface area contributed by atoms with Gasteiger partial charge < -0.3 is 10.1 Å². The highest BCUT2D eigenvalue weighted by Crippen LogP contribution is 2.24. The molecule has 1 fully saturated rings. The maximum Gasteiger partial charge on any atom is 0.254 e. The summed E-state index contributed by atoms with van der Waals surface area (Å²) in [5.74, 6) is -2.02. The van der Waals surface area contributed by atoms with Crippen molar-refractivity contribution >= 4 is 21.8 Å². The Bertz CT molecular complexity index is 516. The van der Waals surface area contributed by atoms with Crippen LogP contribution in [0.4, 0.5) is 8.78 Å². The van der Waals surface area contributed by atoms with E-state index in [4.69, 9.17) is 4.74 Å². The van der Waals surface area contributed by atoms with Gasteiger partial charge in [-0.15, -0.1) is 0 Å². The highest BCUT2D eigenvalue weighted by molar-refractivity contribution is 9.09. The molecule has 1 N–H and O–H groups in total. The molecule has 0 unspecified atom stereocenters. The molecule has 1 amide bonds. The molecule has 1 saturated heterocycles. The van der Waals surface area contributed by atoms with Crippen LogP contribution in [0.25, 0.3) is 0 Å². The van der Waals surface area contributed by atoms with Gasteiger partial charge in [0.2, 0.25) is 0 Å². The SMILES string of the molecule is Cc1cc(C(=O)NC2(CBr)CCOCC2)c(F)cc1F. The number of aryl methyl sites for hydroxylation is 1. The molecule has 0 atom stereocenters. The number of halogens is 3. The van der Waals surface area contributed by atoms with Crippen LogP contribution in [0.15, 0.2) is 12.1 Å². The summed E-state index contributed by atoms with van der Waals surface area (Å²) in [7, 11) is 0. The Kier molecular flexibility index (Phi) is 4.75. The van der Waals surface area contributed by atoms with Crippen molar-refractivity contribution in [2.24, 2.45) is 0 Å². The van der Waals surface area contributed by atoms with Crippen LogP contribution in [-0.4, -0.2) is 30.0 Å². The van der Waals surface area contributed by atoms with E-state index < -0.39 is 23.1 Å². The monoisotopic (exact) mass is 347 g/mol. The molecule has 110 valence electrons. The molecule has 1 aliphatic rings. The van der Waals surface area contributed by atoms with Crippen LogP contribution in [0.1, 0.15) is 28.8 Å². The fourth-order valence-corrected chi connectivity index (χ4v) is 2.89. The summed E-state index contributed by atoms with van der Waals surface area (Å²) in [4.78, 5) is 12.2. The number of alkyl halides is 1. The van der Waals surface area contributed by atoms with Crippen LogP contribution in [0, 0.1) is 18.6 Å². The molecule has 0 aliphatic carbocycles. The minimum atomic E-state index is -0.845. The number of nitrogens with one attached hydrogen (secondary N) is 1. The quantitative estimate of drug-likeness (QED) is 0.853. The first kappa shape index (κ1) is 15.4. The van der Waals surface area contributed by atoms with Crippen molar-refractivity contribution in [1.82, 2.24) is 5.32 Å². The summed E-state index contributed by atoms with van der Waals surface area (Å²) in [6, 6.07) is 1.98. The second kappa shape index (κ2) is 6.18. The molecule has 0 radical (unpaired) electrons. The van der Waals surface area contributed by atoms with Crippen LogP contribution in [0.2, 0.25) is 0 Å². The number of rotatable bonds is 3. The van der Waals surface area contributed by atoms with Crippen molar-refractivity contribution in [3.63, 3.8) is 0 Å². The van der Waals surface area contributed by atoms with Crippen molar-refractivity contribution in [2.45, 2.75) is 25.3 Å². The Hall–Kier alpha value is -1.01. The Labute approximate surface area is 124 Å². The summed E-state index contributed by atoms with van der Waals surface area (Å²) in [5.41, 5.74) is -0.323. The van der Waals surface area contributed by atoms with Gasteiger partial charge in [0.1, 0.15) is 11.6 Å². The summed E-state index contributed by atoms with van der Waals surface area (Å²) in [6.45, 7) is 2.61. The third kappa shape index (κ3) is 3.17. The number of carbonyl (C=O) groups excluding carboxylic acids is 1. The zero-order valence-corrected chi connectivity index (χ0v) is 12.7. The molecule has 0 aromatic heterocycles. The van der Waals surface area contributed by atoms with Crippen LogP contribution >= 0.6 is 15.9 Å². The lowest BCUT2D eigenvalue weighted by Crippen LogP contribution is -2.53. The van der Waals surface area contributed by atoms with Crippen molar-refractivity contribution in [3.05, 3.63) is 34.9 Å². The number of benzene rings is 1. The smallest absolute Gasteiger partial charge is 0.254 e. The van der Waals surface area contributed by atoms with Crippen molar-refractivity contribution in [2.75, 3.05) is 18.5 Å². The van der Waals surface area contributed by atoms with Gasteiger partial charge in [0.05, 0.1) is 11.1 Å². The minimum absolute atomic E-state index is 0.129. The summed E-state index contributed by atoms with van der Waals surface area (Å²) < 4.78 is 32.2. The first-order chi connectivity index (χ1) is 9.47. The van der Waals surface area contributed by atoms with Crippen LogP contribution in [0.5, 0.6) is 0 Å². The fraction of sp³-hybridized carbons (Fsp3) is 0.500. The Morgan fingerprint density at radius 1 is 1.35 bits per heavy atom. The topological polar surface area (TPSA) is 38.3 Å². The zero-order chi connectivity index (χ0) is 14.8. The average molecular weight is 348 g/mol. The lowest BCUT2D eigenvalue weighted by Gasteiger charge is -2.36. The summed E-state index contributed by atoms with van der Waals surface area (Å²) in [5, 5.41) is 3.42. The minimum Gasteiger partial charge on any atom is -0.381 e. The molecule has 2 rings (SSSR count). The van der Waals surface area contributed by atoms with E-state index in [-0.39, 0.29) is 11.1 Å². The number of hydrogen-bond acceptors (Lipinski definition) is 2. The first-order valence-electron chi connectivity index (χ1n) is 6.39. The molecular weight excluding hydrogens is 332 g/mol. The summed E-state index contributed by atoms with van der Waals surface area (Å²) in [6.07, 6.45) is 1.32. The molecule has 1 aromatic carbocycles. The Morgan fingerprint density at radius 2 is 2.00 bits per heavy atom. The number of carbonyl (C=O) groups is 1. The van der Waals surface area contributed by atoms with Crippen molar-refractivity contribution in [1.29, 1.82) is 0 Å². The highest BCUT2D eigenvalue weighted by Gasteiger charge is 2.34. The van der Waals surface area contributed by atoms with Gasteiger partial charge >= 0.3 is 0 Å². The van der Waals surface area contributed by atoms with Crippen LogP contribution in [0.3, 0.4) is 0 Å². The first-order valence-corrected chi connectivity index (χ1v) is 7.51. The Morgan fingerprint density at radius 3 is 2.60 bits per heavy atom. The zero-order valence-electron chi connectivity index (χ0n) is 11.1. The van der Waals surface area contributed by atoms with E-state index in [9.17, 15) is 13.6 Å². The van der Waals surface area contributed by atoms with E-state index >= 15 is 0 Å². The van der Waals surface area contributed by atoms with E-state index in [1.807, 2.05) is 0 Å². The molecule has 1 aromatic rings. The highest BCUT2D eigenvalue weighted by atomic mass is 79.9. The van der Waals surface area contributed by atoms with Gasteiger partial charge in [0.25, 0.3) is 5.91 Å². The second-order valence-corrected chi connectivity index (χ2v) is 5.62. The number of hydrogen-bond donors (Lipinski definition) is 1. The predicted octanol–water partition coefficient (Wildman–Crippen LogP) is 2.95. The van der Waals surface area contributed by atoms with E-state index in [0.29, 0.717) is 31.4 Å². The molecule has 20 heavy (non-hydrogen) atoms. The third-order valence-electron chi connectivity index (χ3n) is 3.58. The molecule has 3 nitrogen and oxygen atoms in total. The van der Waals surface area contributed by atoms with Gasteiger partial charge in [-0.05, 0) is 31.4 Å². The van der Waals surface area contributed by atoms with Gasteiger partial charge in [-0.3, -0.25) is 4.79 Å². The molecule has 0 saturated carbocycles. The lowest BCUT2D eigenvalue weighted by molar-refractivity contribution is 0.0440. The molecule has 6 heteroatoms. The fourth-order valence-electron chi connectivity index (χ4n) is 2.19. The standard InChI is InChI=1S/C14H16BrF2NO2/c1-9-6-10(12(17)7-11(9)16)13(19)18-14(8-15)2-4-20-5-3-14/h6-7H,2-5,8H2,1H3,(H,18,19). The molecular formula is C14H16BrF2NO2. The summed E-state index contributed by atoms with van der Waals surface area (Å²) >= 11 is 3.39. The molecule has 1 aliphatic heterocycles. The maximum absolute atomic E-state index is 13.7. The van der Waals surface area contributed by atoms with E-state index in [2.05, 4.69) is 21.2 Å². The van der Waals surface area contributed by atoms with Gasteiger partial charge in [-0.25, -0.2) is 8.78 Å². The van der Waals surface area contributed by atoms with Crippen molar-refractivity contribution in [3.8, 4) is 0 Å². The normalized spacial score (nSPS) is 17.8. The largest absolute Gasteiger partial charge is 0.381 e. The number of amides is 1. The molecule has 0 bridgehead atoms. The average Bonchev–Trinajstić information content (AvgIpc) is 2.43. The van der Waals surface area contributed by atoms with Crippen molar-refractivity contribution < 1.29 is 18.3 Å². The van der Waals surface area contributed by atoms with Gasteiger partial charge in [-0.2, -0.15) is 0 Å². The van der Waals surface area contributed by atoms with Crippen LogP contribution in [-0.2, 0) is 4.74 Å². The second-order valence-electron chi connectivity index (χ2n) is 5.06. The van der Waals surface area contributed by atoms with Gasteiger partial charge in [-0.1, -0.05) is 15.9 Å². The van der Waals surface area contributed by atoms with E-state index in [1.54, 1.807) is 0 Å².